The molecular formula is C5H8N3+. The first-order valence-corrected chi connectivity index (χ1v) is 2.50. The van der Waals surface area contributed by atoms with E-state index in [2.05, 4.69) is 21.9 Å². The summed E-state index contributed by atoms with van der Waals surface area (Å²) < 4.78 is 0. The number of hydrogen-bond donors (Lipinski definition) is 1. The molecule has 1 aliphatic heterocycles. The van der Waals surface area contributed by atoms with Gasteiger partial charge in [-0.15, -0.1) is 12.3 Å². The molecule has 0 aromatic heterocycles. The fourth-order valence-corrected chi connectivity index (χ4v) is 0.493. The minimum Gasteiger partial charge on any atom is -0.354 e. The van der Waals surface area contributed by atoms with Crippen molar-refractivity contribution < 1.29 is 5.73 Å². The molecule has 0 unspecified atom stereocenters. The zero-order valence-electron chi connectivity index (χ0n) is 4.59. The molecule has 0 fully saturated rings. The van der Waals surface area contributed by atoms with Gasteiger partial charge in [0.1, 0.15) is 6.54 Å². The summed E-state index contributed by atoms with van der Waals surface area (Å²) in [6.45, 7) is 0.692. The van der Waals surface area contributed by atoms with E-state index in [0.717, 1.165) is 0 Å². The fraction of sp³-hybridized carbons (Fsp3) is 0.600. The molecule has 0 saturated carbocycles. The number of hydrogen-bond acceptors (Lipinski definition) is 2. The highest BCUT2D eigenvalue weighted by Gasteiger charge is 2.39. The molecular weight excluding hydrogens is 102 g/mol. The Morgan fingerprint density at radius 1 is 1.62 bits per heavy atom. The predicted molar refractivity (Wildman–Crippen MR) is 28.8 cm³/mol. The SMILES string of the molecule is C#CCC1(C[NH3+])N=N1. The van der Waals surface area contributed by atoms with E-state index < -0.39 is 0 Å². The summed E-state index contributed by atoms with van der Waals surface area (Å²) in [7, 11) is 0. The lowest BCUT2D eigenvalue weighted by atomic mass is 10.2. The summed E-state index contributed by atoms with van der Waals surface area (Å²) in [5, 5.41) is 7.52. The van der Waals surface area contributed by atoms with Crippen LogP contribution in [0.4, 0.5) is 0 Å². The molecule has 0 aliphatic carbocycles. The van der Waals surface area contributed by atoms with E-state index in [0.29, 0.717) is 13.0 Å². The van der Waals surface area contributed by atoms with Crippen molar-refractivity contribution in [1.82, 2.24) is 0 Å². The fourth-order valence-electron chi connectivity index (χ4n) is 0.493. The van der Waals surface area contributed by atoms with E-state index >= 15 is 0 Å². The van der Waals surface area contributed by atoms with Crippen molar-refractivity contribution in [3.8, 4) is 12.3 Å². The molecule has 1 aliphatic rings. The summed E-state index contributed by atoms with van der Waals surface area (Å²) in [6, 6.07) is 0. The second-order valence-electron chi connectivity index (χ2n) is 1.81. The number of terminal acetylenes is 1. The van der Waals surface area contributed by atoms with Crippen LogP contribution in [0.5, 0.6) is 0 Å². The molecule has 0 spiro atoms. The highest BCUT2D eigenvalue weighted by molar-refractivity contribution is 5.03. The summed E-state index contributed by atoms with van der Waals surface area (Å²) in [5.74, 6) is 2.49. The Morgan fingerprint density at radius 2 is 2.25 bits per heavy atom. The number of nitrogens with zero attached hydrogens (tertiary/aromatic N) is 2. The van der Waals surface area contributed by atoms with Gasteiger partial charge in [-0.1, -0.05) is 0 Å². The van der Waals surface area contributed by atoms with Gasteiger partial charge < -0.3 is 5.73 Å². The standard InChI is InChI=1S/C5H7N3/c1-2-3-5(4-6)7-8-5/h1H,3-4,6H2/p+1. The molecule has 3 heteroatoms. The van der Waals surface area contributed by atoms with Gasteiger partial charge in [0.15, 0.2) is 0 Å². The van der Waals surface area contributed by atoms with Gasteiger partial charge in [0.05, 0.1) is 6.42 Å². The van der Waals surface area contributed by atoms with Crippen molar-refractivity contribution >= 4 is 0 Å². The van der Waals surface area contributed by atoms with Crippen LogP contribution in [0.2, 0.25) is 0 Å². The van der Waals surface area contributed by atoms with Crippen LogP contribution in [0.1, 0.15) is 6.42 Å². The summed E-state index contributed by atoms with van der Waals surface area (Å²) >= 11 is 0. The summed E-state index contributed by atoms with van der Waals surface area (Å²) in [5.41, 5.74) is 3.40. The van der Waals surface area contributed by atoms with Crippen molar-refractivity contribution in [1.29, 1.82) is 0 Å². The monoisotopic (exact) mass is 110 g/mol. The molecule has 0 radical (unpaired) electrons. The van der Waals surface area contributed by atoms with Crippen molar-refractivity contribution in [3.63, 3.8) is 0 Å². The minimum absolute atomic E-state index is 0.255. The first-order chi connectivity index (χ1) is 3.83. The van der Waals surface area contributed by atoms with Gasteiger partial charge in [0, 0.05) is 0 Å². The average Bonchev–Trinajstić information content (AvgIpc) is 2.50. The van der Waals surface area contributed by atoms with Gasteiger partial charge in [-0.05, 0) is 0 Å². The molecule has 0 bridgehead atoms. The first kappa shape index (κ1) is 5.26. The van der Waals surface area contributed by atoms with Crippen LogP contribution in [-0.4, -0.2) is 12.2 Å². The van der Waals surface area contributed by atoms with Gasteiger partial charge in [0.2, 0.25) is 5.66 Å². The Kier molecular flexibility index (Phi) is 1.03. The molecule has 0 amide bonds. The lowest BCUT2D eigenvalue weighted by molar-refractivity contribution is -0.375. The van der Waals surface area contributed by atoms with Crippen LogP contribution in [0.3, 0.4) is 0 Å². The lowest BCUT2D eigenvalue weighted by Gasteiger charge is -1.95. The second-order valence-corrected chi connectivity index (χ2v) is 1.81. The van der Waals surface area contributed by atoms with Crippen LogP contribution < -0.4 is 5.73 Å². The number of rotatable bonds is 2. The van der Waals surface area contributed by atoms with Crippen LogP contribution in [0.15, 0.2) is 10.2 Å². The quantitative estimate of drug-likeness (QED) is 0.462. The van der Waals surface area contributed by atoms with Gasteiger partial charge in [-0.3, -0.25) is 0 Å². The maximum absolute atomic E-state index is 5.03. The van der Waals surface area contributed by atoms with E-state index in [1.54, 1.807) is 0 Å². The van der Waals surface area contributed by atoms with Crippen molar-refractivity contribution in [2.24, 2.45) is 10.2 Å². The van der Waals surface area contributed by atoms with Crippen LogP contribution in [0, 0.1) is 12.3 Å². The molecule has 42 valence electrons. The molecule has 3 N–H and O–H groups in total. The van der Waals surface area contributed by atoms with Crippen molar-refractivity contribution in [2.45, 2.75) is 12.1 Å². The first-order valence-electron chi connectivity index (χ1n) is 2.50. The highest BCUT2D eigenvalue weighted by Crippen LogP contribution is 2.28. The van der Waals surface area contributed by atoms with E-state index in [1.165, 1.54) is 0 Å². The molecule has 0 aromatic carbocycles. The predicted octanol–water partition coefficient (Wildman–Crippen LogP) is -0.586. The van der Waals surface area contributed by atoms with Crippen LogP contribution >= 0.6 is 0 Å². The zero-order chi connectivity index (χ0) is 6.04. The molecule has 0 atom stereocenters. The lowest BCUT2D eigenvalue weighted by Crippen LogP contribution is -2.57. The second kappa shape index (κ2) is 1.57. The van der Waals surface area contributed by atoms with Gasteiger partial charge in [0.25, 0.3) is 0 Å². The maximum Gasteiger partial charge on any atom is 0.249 e. The molecule has 8 heavy (non-hydrogen) atoms. The Morgan fingerprint density at radius 3 is 2.38 bits per heavy atom. The highest BCUT2D eigenvalue weighted by atomic mass is 15.4. The van der Waals surface area contributed by atoms with Crippen molar-refractivity contribution in [2.75, 3.05) is 6.54 Å². The van der Waals surface area contributed by atoms with E-state index in [4.69, 9.17) is 6.42 Å². The third kappa shape index (κ3) is 0.703. The maximum atomic E-state index is 5.03. The normalized spacial score (nSPS) is 20.0. The third-order valence-electron chi connectivity index (χ3n) is 1.17. The summed E-state index contributed by atoms with van der Waals surface area (Å²) in [6.07, 6.45) is 5.64. The van der Waals surface area contributed by atoms with Gasteiger partial charge in [-0.25, -0.2) is 0 Å². The van der Waals surface area contributed by atoms with E-state index in [1.807, 2.05) is 0 Å². The smallest absolute Gasteiger partial charge is 0.249 e. The van der Waals surface area contributed by atoms with Crippen LogP contribution in [0.25, 0.3) is 0 Å². The van der Waals surface area contributed by atoms with E-state index in [-0.39, 0.29) is 5.66 Å². The Hall–Kier alpha value is -0.880. The Labute approximate surface area is 48.0 Å². The zero-order valence-corrected chi connectivity index (χ0v) is 4.59. The van der Waals surface area contributed by atoms with Crippen LogP contribution in [-0.2, 0) is 0 Å². The minimum atomic E-state index is -0.255. The van der Waals surface area contributed by atoms with Crippen molar-refractivity contribution in [3.05, 3.63) is 0 Å². The molecule has 0 saturated heterocycles. The Bertz CT molecular complexity index is 148. The van der Waals surface area contributed by atoms with E-state index in [9.17, 15) is 0 Å². The molecule has 3 nitrogen and oxygen atoms in total. The third-order valence-corrected chi connectivity index (χ3v) is 1.17. The largest absolute Gasteiger partial charge is 0.354 e. The van der Waals surface area contributed by atoms with Gasteiger partial charge >= 0.3 is 0 Å². The topological polar surface area (TPSA) is 52.4 Å². The summed E-state index contributed by atoms with van der Waals surface area (Å²) in [4.78, 5) is 0. The number of quaternary nitrogens is 1. The molecule has 0 aromatic rings. The average molecular weight is 110 g/mol. The Balaban J connectivity index is 2.35. The molecule has 1 rings (SSSR count). The van der Waals surface area contributed by atoms with Gasteiger partial charge in [-0.2, -0.15) is 10.2 Å². The molecule has 1 heterocycles.